The molecule has 0 amide bonds. The summed E-state index contributed by atoms with van der Waals surface area (Å²) in [6.45, 7) is 10.9. The van der Waals surface area contributed by atoms with Crippen molar-refractivity contribution in [3.05, 3.63) is 94.3 Å². The number of nitrogens with zero attached hydrogens (tertiary/aromatic N) is 2. The van der Waals surface area contributed by atoms with Crippen LogP contribution in [0.15, 0.2) is 66.9 Å². The van der Waals surface area contributed by atoms with Crippen LogP contribution in [0.3, 0.4) is 0 Å². The lowest BCUT2D eigenvalue weighted by atomic mass is 9.76. The highest BCUT2D eigenvalue weighted by Crippen LogP contribution is 2.43. The zero-order chi connectivity index (χ0) is 28.4. The van der Waals surface area contributed by atoms with Gasteiger partial charge in [-0.05, 0) is 82.8 Å². The van der Waals surface area contributed by atoms with Crippen molar-refractivity contribution in [2.45, 2.75) is 69.7 Å². The summed E-state index contributed by atoms with van der Waals surface area (Å²) < 4.78 is 5.76. The molecule has 7 heteroatoms. The van der Waals surface area contributed by atoms with Crippen LogP contribution in [-0.2, 0) is 11.2 Å². The summed E-state index contributed by atoms with van der Waals surface area (Å²) in [4.78, 5) is 6.71. The Morgan fingerprint density at radius 2 is 1.67 bits per heavy atom. The maximum absolute atomic E-state index is 11.5. The molecule has 0 aliphatic carbocycles. The maximum atomic E-state index is 11.5. The Kier molecular flexibility index (Phi) is 8.74. The number of β-amino-alcohol motifs (C(OH)–C–C–N with tert-alkyl or cyclic N) is 1. The summed E-state index contributed by atoms with van der Waals surface area (Å²) in [6, 6.07) is 19.9. The van der Waals surface area contributed by atoms with Crippen LogP contribution in [0.25, 0.3) is 0 Å². The van der Waals surface area contributed by atoms with Crippen LogP contribution in [0.2, 0.25) is 5.02 Å². The molecule has 1 fully saturated rings. The number of likely N-dealkylation sites (tertiary alicyclic amines) is 1. The molecule has 39 heavy (non-hydrogen) atoms. The van der Waals surface area contributed by atoms with E-state index in [4.69, 9.17) is 16.3 Å². The topological polar surface area (TPSA) is 86.1 Å². The monoisotopic (exact) mass is 552 g/mol. The Labute approximate surface area is 237 Å². The van der Waals surface area contributed by atoms with Gasteiger partial charge in [0.05, 0.1) is 11.3 Å². The van der Waals surface area contributed by atoms with E-state index in [1.807, 2.05) is 37.3 Å². The van der Waals surface area contributed by atoms with E-state index in [1.165, 1.54) is 5.56 Å². The van der Waals surface area contributed by atoms with Gasteiger partial charge in [-0.1, -0.05) is 54.1 Å². The molecular formula is C32H41ClN2O4. The van der Waals surface area contributed by atoms with E-state index >= 15 is 0 Å². The zero-order valence-corrected chi connectivity index (χ0v) is 24.3. The molecule has 0 radical (unpaired) electrons. The third-order valence-electron chi connectivity index (χ3n) is 7.43. The predicted molar refractivity (Wildman–Crippen MR) is 155 cm³/mol. The van der Waals surface area contributed by atoms with Crippen molar-refractivity contribution in [1.82, 2.24) is 9.88 Å². The van der Waals surface area contributed by atoms with Crippen molar-refractivity contribution in [2.75, 3.05) is 26.2 Å². The minimum Gasteiger partial charge on any atom is -0.491 e. The molecule has 0 bridgehead atoms. The van der Waals surface area contributed by atoms with E-state index in [2.05, 4.69) is 34.1 Å². The number of aliphatic hydroxyl groups is 3. The summed E-state index contributed by atoms with van der Waals surface area (Å²) in [5.74, 6) is 1.03. The largest absolute Gasteiger partial charge is 0.491 e. The molecule has 6 nitrogen and oxygen atoms in total. The first kappa shape index (κ1) is 29.5. The minimum absolute atomic E-state index is 0.184. The fraction of sp³-hybridized carbons (Fsp3) is 0.469. The van der Waals surface area contributed by atoms with Gasteiger partial charge >= 0.3 is 0 Å². The molecule has 3 N–H and O–H groups in total. The summed E-state index contributed by atoms with van der Waals surface area (Å²) in [7, 11) is 0. The number of aromatic nitrogens is 1. The average Bonchev–Trinajstić information content (AvgIpc) is 2.87. The minimum atomic E-state index is -1.10. The van der Waals surface area contributed by atoms with E-state index in [0.29, 0.717) is 23.0 Å². The van der Waals surface area contributed by atoms with Crippen molar-refractivity contribution in [1.29, 1.82) is 0 Å². The van der Waals surface area contributed by atoms with Crippen LogP contribution in [-0.4, -0.2) is 57.0 Å². The highest BCUT2D eigenvalue weighted by molar-refractivity contribution is 6.31. The van der Waals surface area contributed by atoms with Crippen molar-refractivity contribution in [2.24, 2.45) is 0 Å². The van der Waals surface area contributed by atoms with Gasteiger partial charge in [0, 0.05) is 35.8 Å². The third kappa shape index (κ3) is 7.59. The number of halogens is 1. The fourth-order valence-electron chi connectivity index (χ4n) is 5.33. The van der Waals surface area contributed by atoms with Gasteiger partial charge in [-0.3, -0.25) is 9.88 Å². The Balaban J connectivity index is 1.54. The second kappa shape index (κ2) is 11.6. The van der Waals surface area contributed by atoms with Crippen LogP contribution in [0, 0.1) is 0 Å². The Hall–Kier alpha value is -2.48. The van der Waals surface area contributed by atoms with Crippen molar-refractivity contribution in [3.63, 3.8) is 0 Å². The van der Waals surface area contributed by atoms with Crippen LogP contribution < -0.4 is 4.74 Å². The van der Waals surface area contributed by atoms with Gasteiger partial charge in [-0.25, -0.2) is 0 Å². The second-order valence-electron chi connectivity index (χ2n) is 12.2. The number of benzene rings is 2. The number of hydrogen-bond acceptors (Lipinski definition) is 6. The summed E-state index contributed by atoms with van der Waals surface area (Å²) >= 11 is 6.81. The molecule has 3 aromatic rings. The molecule has 4 rings (SSSR count). The first-order chi connectivity index (χ1) is 18.2. The number of hydrogen-bond donors (Lipinski definition) is 3. The number of rotatable bonds is 9. The third-order valence-corrected chi connectivity index (χ3v) is 7.76. The molecular weight excluding hydrogens is 512 g/mol. The van der Waals surface area contributed by atoms with Crippen molar-refractivity contribution in [3.8, 4) is 5.75 Å². The molecule has 2 aromatic carbocycles. The van der Waals surface area contributed by atoms with E-state index in [9.17, 15) is 15.3 Å². The highest BCUT2D eigenvalue weighted by Gasteiger charge is 2.36. The Bertz CT molecular complexity index is 1230. The van der Waals surface area contributed by atoms with Crippen LogP contribution >= 0.6 is 11.6 Å². The van der Waals surface area contributed by atoms with Crippen LogP contribution in [0.5, 0.6) is 5.75 Å². The zero-order valence-electron chi connectivity index (χ0n) is 23.6. The first-order valence-corrected chi connectivity index (χ1v) is 13.9. The molecule has 0 spiro atoms. The van der Waals surface area contributed by atoms with Crippen molar-refractivity contribution < 1.29 is 20.1 Å². The molecule has 1 aromatic heterocycles. The van der Waals surface area contributed by atoms with Gasteiger partial charge in [0.2, 0.25) is 0 Å². The van der Waals surface area contributed by atoms with Crippen molar-refractivity contribution >= 4 is 11.6 Å². The first-order valence-electron chi connectivity index (χ1n) is 13.6. The standard InChI is InChI=1S/C32H41ClN2O4/c1-30(2,36)21-39-24-12-13-26(28(33)17-24)25-15-16-35(19-27(25)22-9-7-6-8-10-22)20-32(5,38)23-11-14-29(34-18-23)31(3,4)37/h6-14,17-18,25,27,36-38H,15-16,19-21H2,1-5H3/t25?,27-,32+/m0/s1. The Morgan fingerprint density at radius 1 is 0.949 bits per heavy atom. The number of piperidine rings is 1. The molecule has 1 aliphatic rings. The van der Waals surface area contributed by atoms with Gasteiger partial charge in [0.1, 0.15) is 23.6 Å². The van der Waals surface area contributed by atoms with Crippen LogP contribution in [0.1, 0.15) is 75.3 Å². The highest BCUT2D eigenvalue weighted by atomic mass is 35.5. The fourth-order valence-corrected chi connectivity index (χ4v) is 5.64. The lowest BCUT2D eigenvalue weighted by Gasteiger charge is -2.42. The van der Waals surface area contributed by atoms with Gasteiger partial charge in [0.25, 0.3) is 0 Å². The lowest BCUT2D eigenvalue weighted by molar-refractivity contribution is 0.00523. The number of ether oxygens (including phenoxy) is 1. The quantitative estimate of drug-likeness (QED) is 0.321. The molecule has 2 heterocycles. The lowest BCUT2D eigenvalue weighted by Crippen LogP contribution is -2.45. The maximum Gasteiger partial charge on any atom is 0.120 e. The SMILES string of the molecule is CC(C)(O)COc1ccc(C2CCN(C[C@@](C)(O)c3ccc(C(C)(C)O)nc3)C[C@H]2c2ccccc2)c(Cl)c1. The molecule has 1 aliphatic heterocycles. The van der Waals surface area contributed by atoms with Gasteiger partial charge < -0.3 is 20.1 Å². The van der Waals surface area contributed by atoms with E-state index in [-0.39, 0.29) is 18.4 Å². The number of pyridine rings is 1. The summed E-state index contributed by atoms with van der Waals surface area (Å²) in [5, 5.41) is 32.3. The Morgan fingerprint density at radius 3 is 2.26 bits per heavy atom. The normalized spacial score (nSPS) is 20.4. The van der Waals surface area contributed by atoms with E-state index < -0.39 is 16.8 Å². The average molecular weight is 553 g/mol. The van der Waals surface area contributed by atoms with Crippen LogP contribution in [0.4, 0.5) is 0 Å². The van der Waals surface area contributed by atoms with Gasteiger partial charge in [0.15, 0.2) is 0 Å². The van der Waals surface area contributed by atoms with E-state index in [1.54, 1.807) is 40.0 Å². The molecule has 3 atom stereocenters. The summed E-state index contributed by atoms with van der Waals surface area (Å²) in [6.07, 6.45) is 2.55. The molecule has 0 saturated carbocycles. The van der Waals surface area contributed by atoms with E-state index in [0.717, 1.165) is 30.6 Å². The molecule has 1 saturated heterocycles. The van der Waals surface area contributed by atoms with Gasteiger partial charge in [-0.15, -0.1) is 0 Å². The predicted octanol–water partition coefficient (Wildman–Crippen LogP) is 5.59. The van der Waals surface area contributed by atoms with Gasteiger partial charge in [-0.2, -0.15) is 0 Å². The molecule has 210 valence electrons. The smallest absolute Gasteiger partial charge is 0.120 e. The second-order valence-corrected chi connectivity index (χ2v) is 12.6. The molecule has 1 unspecified atom stereocenters. The summed E-state index contributed by atoms with van der Waals surface area (Å²) in [5.41, 5.74) is 0.553.